The molecule has 2 aromatic carbocycles. The third-order valence-corrected chi connectivity index (χ3v) is 6.07. The van der Waals surface area contributed by atoms with E-state index >= 15 is 0 Å². The summed E-state index contributed by atoms with van der Waals surface area (Å²) in [5, 5.41) is 4.16. The lowest BCUT2D eigenvalue weighted by Gasteiger charge is -2.28. The molecule has 0 saturated heterocycles. The molecule has 2 aromatic heterocycles. The SMILES string of the molecule is Cn1c2c(c(=O)[nH]c1=O)C(c1c[nH]c3ccccc13)C1=C(N2)c2ccccc2C1=O. The topological polar surface area (TPSA) is 99.8 Å². The number of Topliss-reactive ketones (excluding diaryl/α,β-unsaturated/α-hetero) is 1. The van der Waals surface area contributed by atoms with Gasteiger partial charge in [-0.1, -0.05) is 42.5 Å². The lowest BCUT2D eigenvalue weighted by molar-refractivity contribution is 0.103. The van der Waals surface area contributed by atoms with Crippen molar-refractivity contribution in [3.8, 4) is 0 Å². The summed E-state index contributed by atoms with van der Waals surface area (Å²) in [6.45, 7) is 0. The average Bonchev–Trinajstić information content (AvgIpc) is 3.31. The van der Waals surface area contributed by atoms with Gasteiger partial charge in [-0.25, -0.2) is 4.79 Å². The molecule has 30 heavy (non-hydrogen) atoms. The highest BCUT2D eigenvalue weighted by atomic mass is 16.2. The molecule has 2 aliphatic rings. The van der Waals surface area contributed by atoms with E-state index in [1.54, 1.807) is 13.1 Å². The molecule has 0 saturated carbocycles. The molecule has 1 aliphatic heterocycles. The second-order valence-corrected chi connectivity index (χ2v) is 7.59. The summed E-state index contributed by atoms with van der Waals surface area (Å²) < 4.78 is 1.38. The summed E-state index contributed by atoms with van der Waals surface area (Å²) >= 11 is 0. The molecule has 3 heterocycles. The van der Waals surface area contributed by atoms with Crippen molar-refractivity contribution in [1.82, 2.24) is 14.5 Å². The minimum absolute atomic E-state index is 0.109. The summed E-state index contributed by atoms with van der Waals surface area (Å²) in [4.78, 5) is 44.4. The van der Waals surface area contributed by atoms with Crippen LogP contribution in [-0.2, 0) is 7.05 Å². The van der Waals surface area contributed by atoms with Gasteiger partial charge < -0.3 is 10.3 Å². The zero-order valence-electron chi connectivity index (χ0n) is 15.9. The predicted molar refractivity (Wildman–Crippen MR) is 114 cm³/mol. The molecule has 0 amide bonds. The number of ketones is 1. The maximum Gasteiger partial charge on any atom is 0.329 e. The fourth-order valence-corrected chi connectivity index (χ4v) is 4.68. The quantitative estimate of drug-likeness (QED) is 0.461. The standard InChI is InChI=1S/C23H16N4O3/c1-27-21-18(22(29)26-23(27)30)16(14-10-24-15-9-5-4-6-11(14)15)17-19(25-21)12-7-2-3-8-13(12)20(17)28/h2-10,16,24-25H,1H3,(H,26,29,30). The Bertz CT molecular complexity index is 1550. The third kappa shape index (κ3) is 2.01. The molecule has 4 aromatic rings. The zero-order valence-corrected chi connectivity index (χ0v) is 15.9. The minimum atomic E-state index is -0.608. The van der Waals surface area contributed by atoms with E-state index in [0.717, 1.165) is 22.0 Å². The number of carbonyl (C=O) groups excluding carboxylic acids is 1. The van der Waals surface area contributed by atoms with Gasteiger partial charge in [-0.15, -0.1) is 0 Å². The van der Waals surface area contributed by atoms with Crippen LogP contribution in [0.5, 0.6) is 0 Å². The Morgan fingerprint density at radius 2 is 1.67 bits per heavy atom. The zero-order chi connectivity index (χ0) is 20.6. The summed E-state index contributed by atoms with van der Waals surface area (Å²) in [6, 6.07) is 15.1. The molecule has 0 spiro atoms. The van der Waals surface area contributed by atoms with Crippen LogP contribution in [0, 0.1) is 0 Å². The molecule has 6 rings (SSSR count). The maximum atomic E-state index is 13.5. The Labute approximate surface area is 169 Å². The Kier molecular flexibility index (Phi) is 3.19. The Balaban J connectivity index is 1.74. The van der Waals surface area contributed by atoms with Crippen molar-refractivity contribution in [2.75, 3.05) is 5.32 Å². The Morgan fingerprint density at radius 1 is 0.933 bits per heavy atom. The monoisotopic (exact) mass is 396 g/mol. The highest BCUT2D eigenvalue weighted by Gasteiger charge is 2.42. The molecule has 146 valence electrons. The number of nitrogens with zero attached hydrogens (tertiary/aromatic N) is 1. The molecule has 0 fully saturated rings. The van der Waals surface area contributed by atoms with Crippen LogP contribution >= 0.6 is 0 Å². The first-order valence-electron chi connectivity index (χ1n) is 9.60. The smallest absolute Gasteiger partial charge is 0.329 e. The van der Waals surface area contributed by atoms with Crippen LogP contribution in [0.15, 0.2) is 69.9 Å². The maximum absolute atomic E-state index is 13.5. The number of nitrogens with one attached hydrogen (secondary N) is 3. The van der Waals surface area contributed by atoms with Crippen LogP contribution in [0.1, 0.15) is 33.0 Å². The van der Waals surface area contributed by atoms with Gasteiger partial charge in [-0.2, -0.15) is 0 Å². The fourth-order valence-electron chi connectivity index (χ4n) is 4.68. The molecule has 1 unspecified atom stereocenters. The van der Waals surface area contributed by atoms with Gasteiger partial charge in [0, 0.05) is 40.8 Å². The number of allylic oxidation sites excluding steroid dienone is 1. The third-order valence-electron chi connectivity index (χ3n) is 6.07. The van der Waals surface area contributed by atoms with Crippen molar-refractivity contribution in [2.24, 2.45) is 7.05 Å². The summed E-state index contributed by atoms with van der Waals surface area (Å²) in [5.41, 5.74) is 3.65. The van der Waals surface area contributed by atoms with Crippen LogP contribution < -0.4 is 16.6 Å². The number of para-hydroxylation sites is 1. The van der Waals surface area contributed by atoms with Crippen LogP contribution in [0.4, 0.5) is 5.82 Å². The summed E-state index contributed by atoms with van der Waals surface area (Å²) in [5.74, 6) is -0.313. The van der Waals surface area contributed by atoms with E-state index in [1.807, 2.05) is 48.7 Å². The van der Waals surface area contributed by atoms with Gasteiger partial charge in [0.1, 0.15) is 5.82 Å². The van der Waals surface area contributed by atoms with Crippen LogP contribution in [-0.4, -0.2) is 20.3 Å². The van der Waals surface area contributed by atoms with E-state index in [1.165, 1.54) is 4.57 Å². The number of fused-ring (bicyclic) bond motifs is 4. The molecule has 7 nitrogen and oxygen atoms in total. The van der Waals surface area contributed by atoms with Crippen LogP contribution in [0.25, 0.3) is 16.6 Å². The number of hydrogen-bond donors (Lipinski definition) is 3. The number of aromatic amines is 2. The number of aromatic nitrogens is 3. The van der Waals surface area contributed by atoms with E-state index in [4.69, 9.17) is 0 Å². The molecular weight excluding hydrogens is 380 g/mol. The van der Waals surface area contributed by atoms with Gasteiger partial charge in [0.25, 0.3) is 5.56 Å². The molecule has 3 N–H and O–H groups in total. The second kappa shape index (κ2) is 5.70. The number of H-pyrrole nitrogens is 2. The molecule has 7 heteroatoms. The van der Waals surface area contributed by atoms with Gasteiger partial charge in [0.05, 0.1) is 17.2 Å². The molecule has 0 bridgehead atoms. The normalized spacial score (nSPS) is 17.0. The minimum Gasteiger partial charge on any atom is -0.361 e. The van der Waals surface area contributed by atoms with Gasteiger partial charge in [-0.05, 0) is 11.6 Å². The highest BCUT2D eigenvalue weighted by molar-refractivity contribution is 6.24. The van der Waals surface area contributed by atoms with Crippen molar-refractivity contribution < 1.29 is 4.79 Å². The van der Waals surface area contributed by atoms with Crippen LogP contribution in [0.2, 0.25) is 0 Å². The summed E-state index contributed by atoms with van der Waals surface area (Å²) in [7, 11) is 1.60. The predicted octanol–water partition coefficient (Wildman–Crippen LogP) is 2.72. The highest BCUT2D eigenvalue weighted by Crippen LogP contribution is 2.48. The Hall–Kier alpha value is -4.13. The van der Waals surface area contributed by atoms with Crippen LogP contribution in [0.3, 0.4) is 0 Å². The first kappa shape index (κ1) is 16.8. The van der Waals surface area contributed by atoms with Crippen molar-refractivity contribution in [1.29, 1.82) is 0 Å². The van der Waals surface area contributed by atoms with E-state index in [-0.39, 0.29) is 5.78 Å². The van der Waals surface area contributed by atoms with Crippen molar-refractivity contribution >= 4 is 28.2 Å². The van der Waals surface area contributed by atoms with E-state index in [9.17, 15) is 14.4 Å². The summed E-state index contributed by atoms with van der Waals surface area (Å²) in [6.07, 6.45) is 1.84. The number of carbonyl (C=O) groups is 1. The first-order valence-corrected chi connectivity index (χ1v) is 9.60. The average molecular weight is 396 g/mol. The van der Waals surface area contributed by atoms with Crippen molar-refractivity contribution in [3.05, 3.63) is 103 Å². The first-order chi connectivity index (χ1) is 14.6. The van der Waals surface area contributed by atoms with Gasteiger partial charge >= 0.3 is 5.69 Å². The molecular formula is C23H16N4O3. The van der Waals surface area contributed by atoms with Gasteiger partial charge in [0.15, 0.2) is 5.78 Å². The number of anilines is 1. The van der Waals surface area contributed by atoms with Crippen molar-refractivity contribution in [3.63, 3.8) is 0 Å². The number of rotatable bonds is 1. The van der Waals surface area contributed by atoms with Crippen molar-refractivity contribution in [2.45, 2.75) is 5.92 Å². The van der Waals surface area contributed by atoms with Gasteiger partial charge in [-0.3, -0.25) is 19.1 Å². The fraction of sp³-hybridized carbons (Fsp3) is 0.0870. The van der Waals surface area contributed by atoms with E-state index < -0.39 is 17.2 Å². The van der Waals surface area contributed by atoms with E-state index in [0.29, 0.717) is 28.2 Å². The van der Waals surface area contributed by atoms with Gasteiger partial charge in [0.2, 0.25) is 0 Å². The number of benzene rings is 2. The Morgan fingerprint density at radius 3 is 2.50 bits per heavy atom. The second-order valence-electron chi connectivity index (χ2n) is 7.59. The molecule has 1 aliphatic carbocycles. The largest absolute Gasteiger partial charge is 0.361 e. The van der Waals surface area contributed by atoms with E-state index in [2.05, 4.69) is 15.3 Å². The number of hydrogen-bond acceptors (Lipinski definition) is 4. The molecule has 1 atom stereocenters. The lowest BCUT2D eigenvalue weighted by atomic mass is 9.81. The molecule has 0 radical (unpaired) electrons. The lowest BCUT2D eigenvalue weighted by Crippen LogP contribution is -2.37.